The summed E-state index contributed by atoms with van der Waals surface area (Å²) in [6, 6.07) is 20.9. The lowest BCUT2D eigenvalue weighted by Crippen LogP contribution is -2.50. The van der Waals surface area contributed by atoms with E-state index in [1.807, 2.05) is 36.4 Å². The predicted molar refractivity (Wildman–Crippen MR) is 121 cm³/mol. The zero-order chi connectivity index (χ0) is 21.8. The first-order valence-corrected chi connectivity index (χ1v) is 10.7. The Kier molecular flexibility index (Phi) is 6.23. The Balaban J connectivity index is 1.44. The number of rotatable bonds is 4. The van der Waals surface area contributed by atoms with Gasteiger partial charge in [0.25, 0.3) is 11.8 Å². The van der Waals surface area contributed by atoms with Crippen LogP contribution < -0.4 is 4.74 Å². The molecule has 1 heterocycles. The summed E-state index contributed by atoms with van der Waals surface area (Å²) in [5, 5.41) is 9.61. The SMILES string of the molecule is O=C(c1cccc(O)c1)N1CCN(C(=O)c2ccccc2Oc2cccc(Br)c2)CC1. The van der Waals surface area contributed by atoms with Gasteiger partial charge in [0.1, 0.15) is 17.2 Å². The molecule has 1 aliphatic heterocycles. The highest BCUT2D eigenvalue weighted by Gasteiger charge is 2.27. The van der Waals surface area contributed by atoms with E-state index in [9.17, 15) is 14.7 Å². The number of carbonyl (C=O) groups is 2. The summed E-state index contributed by atoms with van der Waals surface area (Å²) in [6.45, 7) is 1.70. The summed E-state index contributed by atoms with van der Waals surface area (Å²) in [6.07, 6.45) is 0. The van der Waals surface area contributed by atoms with Crippen LogP contribution in [0.3, 0.4) is 0 Å². The van der Waals surface area contributed by atoms with E-state index in [4.69, 9.17) is 4.74 Å². The van der Waals surface area contributed by atoms with Gasteiger partial charge in [0.2, 0.25) is 0 Å². The Morgan fingerprint density at radius 2 is 1.48 bits per heavy atom. The van der Waals surface area contributed by atoms with Crippen LogP contribution >= 0.6 is 15.9 Å². The number of ether oxygens (including phenoxy) is 1. The Bertz CT molecular complexity index is 1110. The third-order valence-corrected chi connectivity index (χ3v) is 5.58. The van der Waals surface area contributed by atoms with Gasteiger partial charge in [0.15, 0.2) is 0 Å². The fourth-order valence-corrected chi connectivity index (χ4v) is 3.87. The first-order valence-electron chi connectivity index (χ1n) is 9.91. The molecule has 0 unspecified atom stereocenters. The molecular formula is C24H21BrN2O4. The first kappa shape index (κ1) is 20.9. The molecule has 3 aromatic carbocycles. The lowest BCUT2D eigenvalue weighted by atomic mass is 10.1. The number of benzene rings is 3. The molecule has 1 saturated heterocycles. The van der Waals surface area contributed by atoms with Gasteiger partial charge in [-0.05, 0) is 48.5 Å². The van der Waals surface area contributed by atoms with Crippen LogP contribution in [-0.2, 0) is 0 Å². The van der Waals surface area contributed by atoms with Gasteiger partial charge in [0, 0.05) is 36.2 Å². The Morgan fingerprint density at radius 1 is 0.806 bits per heavy atom. The van der Waals surface area contributed by atoms with Crippen molar-refractivity contribution in [1.82, 2.24) is 9.80 Å². The summed E-state index contributed by atoms with van der Waals surface area (Å²) in [7, 11) is 0. The molecule has 0 spiro atoms. The number of aromatic hydroxyl groups is 1. The number of hydrogen-bond acceptors (Lipinski definition) is 4. The largest absolute Gasteiger partial charge is 0.508 e. The minimum Gasteiger partial charge on any atom is -0.508 e. The lowest BCUT2D eigenvalue weighted by Gasteiger charge is -2.35. The zero-order valence-corrected chi connectivity index (χ0v) is 18.3. The van der Waals surface area contributed by atoms with E-state index in [1.54, 1.807) is 34.1 Å². The van der Waals surface area contributed by atoms with E-state index in [1.165, 1.54) is 12.1 Å². The standard InChI is InChI=1S/C24H21BrN2O4/c25-18-6-4-8-20(16-18)31-22-10-2-1-9-21(22)24(30)27-13-11-26(12-14-27)23(29)17-5-3-7-19(28)15-17/h1-10,15-16,28H,11-14H2. The quantitative estimate of drug-likeness (QED) is 0.594. The van der Waals surface area contributed by atoms with E-state index in [2.05, 4.69) is 15.9 Å². The van der Waals surface area contributed by atoms with Crippen LogP contribution in [0, 0.1) is 0 Å². The summed E-state index contributed by atoms with van der Waals surface area (Å²) >= 11 is 3.42. The van der Waals surface area contributed by atoms with Crippen LogP contribution in [0.25, 0.3) is 0 Å². The maximum Gasteiger partial charge on any atom is 0.257 e. The highest BCUT2D eigenvalue weighted by Crippen LogP contribution is 2.28. The van der Waals surface area contributed by atoms with Gasteiger partial charge in [0.05, 0.1) is 5.56 Å². The summed E-state index contributed by atoms with van der Waals surface area (Å²) in [5.41, 5.74) is 0.919. The van der Waals surface area contributed by atoms with Crippen molar-refractivity contribution >= 4 is 27.7 Å². The van der Waals surface area contributed by atoms with Gasteiger partial charge >= 0.3 is 0 Å². The molecule has 0 aliphatic carbocycles. The average molecular weight is 481 g/mol. The van der Waals surface area contributed by atoms with Crippen molar-refractivity contribution in [3.05, 3.63) is 88.4 Å². The molecule has 0 atom stereocenters. The molecule has 0 radical (unpaired) electrons. The van der Waals surface area contributed by atoms with Crippen LogP contribution in [0.2, 0.25) is 0 Å². The molecule has 0 aromatic heterocycles. The number of piperazine rings is 1. The van der Waals surface area contributed by atoms with Crippen LogP contribution in [0.5, 0.6) is 17.2 Å². The van der Waals surface area contributed by atoms with Crippen molar-refractivity contribution in [2.24, 2.45) is 0 Å². The molecule has 3 aromatic rings. The van der Waals surface area contributed by atoms with Crippen molar-refractivity contribution in [3.8, 4) is 17.2 Å². The van der Waals surface area contributed by atoms with E-state index >= 15 is 0 Å². The number of carbonyl (C=O) groups excluding carboxylic acids is 2. The highest BCUT2D eigenvalue weighted by molar-refractivity contribution is 9.10. The molecule has 2 amide bonds. The Labute approximate surface area is 188 Å². The number of hydrogen-bond donors (Lipinski definition) is 1. The minimum atomic E-state index is -0.151. The molecule has 1 N–H and O–H groups in total. The van der Waals surface area contributed by atoms with Crippen molar-refractivity contribution in [3.63, 3.8) is 0 Å². The Hall–Kier alpha value is -3.32. The van der Waals surface area contributed by atoms with Gasteiger partial charge in [-0.15, -0.1) is 0 Å². The normalized spacial score (nSPS) is 13.7. The average Bonchev–Trinajstić information content (AvgIpc) is 2.79. The van der Waals surface area contributed by atoms with Gasteiger partial charge in [-0.1, -0.05) is 40.2 Å². The summed E-state index contributed by atoms with van der Waals surface area (Å²) in [5.74, 6) is 0.901. The molecule has 6 nitrogen and oxygen atoms in total. The molecule has 0 bridgehead atoms. The number of halogens is 1. The van der Waals surface area contributed by atoms with Crippen molar-refractivity contribution in [2.75, 3.05) is 26.2 Å². The fourth-order valence-electron chi connectivity index (χ4n) is 3.49. The monoisotopic (exact) mass is 480 g/mol. The molecule has 0 saturated carbocycles. The molecule has 4 rings (SSSR count). The van der Waals surface area contributed by atoms with E-state index in [-0.39, 0.29) is 17.6 Å². The Morgan fingerprint density at radius 3 is 2.19 bits per heavy atom. The third-order valence-electron chi connectivity index (χ3n) is 5.09. The molecule has 7 heteroatoms. The van der Waals surface area contributed by atoms with E-state index in [0.717, 1.165) is 4.47 Å². The minimum absolute atomic E-state index is 0.0571. The second kappa shape index (κ2) is 9.22. The zero-order valence-electron chi connectivity index (χ0n) is 16.7. The number of phenolic OH excluding ortho intramolecular Hbond substituents is 1. The molecule has 158 valence electrons. The second-order valence-corrected chi connectivity index (χ2v) is 8.11. The predicted octanol–water partition coefficient (Wildman–Crippen LogP) is 4.55. The molecular weight excluding hydrogens is 460 g/mol. The smallest absolute Gasteiger partial charge is 0.257 e. The van der Waals surface area contributed by atoms with Gasteiger partial charge in [-0.2, -0.15) is 0 Å². The van der Waals surface area contributed by atoms with E-state index in [0.29, 0.717) is 48.8 Å². The summed E-state index contributed by atoms with van der Waals surface area (Å²) < 4.78 is 6.86. The molecule has 1 fully saturated rings. The third kappa shape index (κ3) is 4.88. The van der Waals surface area contributed by atoms with Crippen molar-refractivity contribution < 1.29 is 19.4 Å². The maximum atomic E-state index is 13.2. The fraction of sp³-hybridized carbons (Fsp3) is 0.167. The van der Waals surface area contributed by atoms with Crippen molar-refractivity contribution in [1.29, 1.82) is 0 Å². The van der Waals surface area contributed by atoms with Gasteiger partial charge in [-0.25, -0.2) is 0 Å². The van der Waals surface area contributed by atoms with Gasteiger partial charge in [-0.3, -0.25) is 9.59 Å². The highest BCUT2D eigenvalue weighted by atomic mass is 79.9. The van der Waals surface area contributed by atoms with Crippen LogP contribution in [-0.4, -0.2) is 52.9 Å². The van der Waals surface area contributed by atoms with Crippen molar-refractivity contribution in [2.45, 2.75) is 0 Å². The van der Waals surface area contributed by atoms with Crippen LogP contribution in [0.1, 0.15) is 20.7 Å². The van der Waals surface area contributed by atoms with Crippen LogP contribution in [0.15, 0.2) is 77.3 Å². The molecule has 31 heavy (non-hydrogen) atoms. The van der Waals surface area contributed by atoms with Gasteiger partial charge < -0.3 is 19.6 Å². The number of phenols is 1. The number of amides is 2. The maximum absolute atomic E-state index is 13.2. The topological polar surface area (TPSA) is 70.1 Å². The van der Waals surface area contributed by atoms with Crippen LogP contribution in [0.4, 0.5) is 0 Å². The summed E-state index contributed by atoms with van der Waals surface area (Å²) in [4.78, 5) is 29.3. The lowest BCUT2D eigenvalue weighted by molar-refractivity contribution is 0.0534. The number of para-hydroxylation sites is 1. The van der Waals surface area contributed by atoms with E-state index < -0.39 is 0 Å². The first-order chi connectivity index (χ1) is 15.0. The molecule has 1 aliphatic rings. The second-order valence-electron chi connectivity index (χ2n) is 7.19. The number of nitrogens with zero attached hydrogens (tertiary/aromatic N) is 2.